The highest BCUT2D eigenvalue weighted by Crippen LogP contribution is 2.40. The summed E-state index contributed by atoms with van der Waals surface area (Å²) in [7, 11) is 0. The largest absolute Gasteiger partial charge is 0.456 e. The molecule has 0 radical (unpaired) electrons. The van der Waals surface area contributed by atoms with Crippen molar-refractivity contribution in [1.29, 1.82) is 0 Å². The van der Waals surface area contributed by atoms with Crippen LogP contribution in [0.5, 0.6) is 0 Å². The Morgan fingerprint density at radius 2 is 1.21 bits per heavy atom. The van der Waals surface area contributed by atoms with E-state index in [1.54, 1.807) is 0 Å². The topological polar surface area (TPSA) is 54.8 Å². The van der Waals surface area contributed by atoms with Gasteiger partial charge in [-0.15, -0.1) is 0 Å². The van der Waals surface area contributed by atoms with Crippen molar-refractivity contribution in [2.75, 3.05) is 0 Å². The lowest BCUT2D eigenvalue weighted by Gasteiger charge is -2.24. The second-order valence-electron chi connectivity index (χ2n) is 12.2. The Morgan fingerprint density at radius 3 is 2.04 bits per heavy atom. The minimum absolute atomic E-state index is 0.268. The second kappa shape index (κ2) is 10.5. The molecule has 0 saturated carbocycles. The summed E-state index contributed by atoms with van der Waals surface area (Å²) in [5.41, 5.74) is 8.23. The minimum atomic E-state index is -0.268. The van der Waals surface area contributed by atoms with E-state index in [4.69, 9.17) is 14.4 Å². The molecule has 1 aliphatic rings. The Morgan fingerprint density at radius 1 is 0.521 bits per heavy atom. The van der Waals surface area contributed by atoms with Gasteiger partial charge in [-0.2, -0.15) is 0 Å². The third kappa shape index (κ3) is 4.11. The molecule has 10 rings (SSSR count). The number of hydrogen-bond donors (Lipinski definition) is 1. The van der Waals surface area contributed by atoms with Gasteiger partial charge in [0.1, 0.15) is 23.2 Å². The van der Waals surface area contributed by atoms with E-state index in [9.17, 15) is 0 Å². The first-order valence-corrected chi connectivity index (χ1v) is 16.2. The van der Waals surface area contributed by atoms with Gasteiger partial charge in [-0.3, -0.25) is 0 Å². The molecule has 3 heterocycles. The average Bonchev–Trinajstić information content (AvgIpc) is 3.68. The molecule has 1 aliphatic heterocycles. The molecule has 226 valence electrons. The summed E-state index contributed by atoms with van der Waals surface area (Å²) in [6, 6.07) is 55.0. The van der Waals surface area contributed by atoms with Gasteiger partial charge in [0.2, 0.25) is 0 Å². The lowest BCUT2D eigenvalue weighted by atomic mass is 10.0. The number of amidine groups is 2. The van der Waals surface area contributed by atoms with Crippen LogP contribution in [0.3, 0.4) is 0 Å². The number of furan rings is 1. The Hall–Kier alpha value is -6.46. The van der Waals surface area contributed by atoms with Gasteiger partial charge in [-0.25, -0.2) is 9.98 Å². The minimum Gasteiger partial charge on any atom is -0.456 e. The predicted molar refractivity (Wildman–Crippen MR) is 197 cm³/mol. The van der Waals surface area contributed by atoms with Gasteiger partial charge >= 0.3 is 0 Å². The molecule has 9 aromatic rings. The molecule has 1 atom stereocenters. The van der Waals surface area contributed by atoms with Gasteiger partial charge in [0, 0.05) is 44.1 Å². The first kappa shape index (κ1) is 26.7. The molecular weight excluding hydrogens is 589 g/mol. The SMILES string of the molecule is c1ccc(C2=NC(c3ccc(-n4c5ccccc5c5cc6c(cc54)oc4ccccc46)c4ccccc34)=NC(c3ccccc3)N2)cc1. The molecule has 1 N–H and O–H groups in total. The van der Waals surface area contributed by atoms with Crippen LogP contribution in [0.25, 0.3) is 60.2 Å². The normalized spacial score (nSPS) is 14.9. The Labute approximate surface area is 276 Å². The van der Waals surface area contributed by atoms with Crippen molar-refractivity contribution in [2.24, 2.45) is 9.98 Å². The van der Waals surface area contributed by atoms with Crippen LogP contribution in [-0.2, 0) is 0 Å². The number of aromatic nitrogens is 1. The standard InChI is InChI=1S/C43H28N4O/c1-3-13-27(14-4-1)41-44-42(28-15-5-2-6-16-28)46-43(45-41)33-23-24-37(30-18-8-7-17-29(30)33)47-36-21-11-9-19-31(36)34-25-35-32-20-10-12-22-39(32)48-40(35)26-38(34)47/h1-26,41H,(H,44,45,46). The quantitative estimate of drug-likeness (QED) is 0.214. The molecule has 1 unspecified atom stereocenters. The first-order chi connectivity index (χ1) is 23.8. The summed E-state index contributed by atoms with van der Waals surface area (Å²) in [5.74, 6) is 1.51. The molecule has 5 nitrogen and oxygen atoms in total. The Kier molecular flexibility index (Phi) is 5.87. The smallest absolute Gasteiger partial charge is 0.160 e. The van der Waals surface area contributed by atoms with E-state index < -0.39 is 0 Å². The summed E-state index contributed by atoms with van der Waals surface area (Å²) in [5, 5.41) is 10.5. The van der Waals surface area contributed by atoms with E-state index in [-0.39, 0.29) is 6.17 Å². The van der Waals surface area contributed by atoms with Crippen LogP contribution in [0.15, 0.2) is 172 Å². The fourth-order valence-corrected chi connectivity index (χ4v) is 7.24. The van der Waals surface area contributed by atoms with Crippen LogP contribution in [0, 0.1) is 0 Å². The fraction of sp³-hybridized carbons (Fsp3) is 0.0233. The zero-order chi connectivity index (χ0) is 31.6. The highest BCUT2D eigenvalue weighted by atomic mass is 16.3. The number of nitrogens with one attached hydrogen (secondary N) is 1. The maximum absolute atomic E-state index is 6.38. The average molecular weight is 617 g/mol. The van der Waals surface area contributed by atoms with Crippen molar-refractivity contribution in [3.63, 3.8) is 0 Å². The van der Waals surface area contributed by atoms with Crippen LogP contribution >= 0.6 is 0 Å². The zero-order valence-electron chi connectivity index (χ0n) is 25.8. The number of benzene rings is 7. The van der Waals surface area contributed by atoms with Crippen molar-refractivity contribution in [3.8, 4) is 5.69 Å². The number of aliphatic imine (C=N–C) groups is 2. The Balaban J connectivity index is 1.21. The van der Waals surface area contributed by atoms with Gasteiger partial charge in [0.25, 0.3) is 0 Å². The molecule has 0 bridgehead atoms. The van der Waals surface area contributed by atoms with Crippen molar-refractivity contribution in [2.45, 2.75) is 6.17 Å². The lowest BCUT2D eigenvalue weighted by molar-refractivity contribution is 0.669. The van der Waals surface area contributed by atoms with E-state index >= 15 is 0 Å². The number of nitrogens with zero attached hydrogens (tertiary/aromatic N) is 3. The van der Waals surface area contributed by atoms with Crippen LogP contribution in [0.1, 0.15) is 22.9 Å². The van der Waals surface area contributed by atoms with Crippen molar-refractivity contribution >= 4 is 66.2 Å². The summed E-state index contributed by atoms with van der Waals surface area (Å²) >= 11 is 0. The van der Waals surface area contributed by atoms with E-state index in [2.05, 4.69) is 131 Å². The number of hydrogen-bond acceptors (Lipinski definition) is 4. The van der Waals surface area contributed by atoms with Crippen LogP contribution in [0.4, 0.5) is 0 Å². The van der Waals surface area contributed by atoms with Crippen molar-refractivity contribution < 1.29 is 4.42 Å². The van der Waals surface area contributed by atoms with Crippen LogP contribution in [0.2, 0.25) is 0 Å². The summed E-state index contributed by atoms with van der Waals surface area (Å²) in [4.78, 5) is 10.3. The molecule has 48 heavy (non-hydrogen) atoms. The lowest BCUT2D eigenvalue weighted by Crippen LogP contribution is -2.33. The molecule has 0 saturated heterocycles. The number of para-hydroxylation sites is 2. The van der Waals surface area contributed by atoms with Gasteiger partial charge in [-0.05, 0) is 41.3 Å². The molecule has 0 fully saturated rings. The number of fused-ring (bicyclic) bond motifs is 7. The predicted octanol–water partition coefficient (Wildman–Crippen LogP) is 10.3. The maximum Gasteiger partial charge on any atom is 0.160 e. The van der Waals surface area contributed by atoms with Gasteiger partial charge < -0.3 is 14.3 Å². The van der Waals surface area contributed by atoms with Crippen LogP contribution < -0.4 is 5.32 Å². The van der Waals surface area contributed by atoms with Crippen molar-refractivity contribution in [3.05, 3.63) is 174 Å². The fourth-order valence-electron chi connectivity index (χ4n) is 7.24. The number of rotatable bonds is 4. The van der Waals surface area contributed by atoms with E-state index in [0.29, 0.717) is 5.84 Å². The molecular formula is C43H28N4O. The molecule has 0 amide bonds. The van der Waals surface area contributed by atoms with E-state index in [1.165, 1.54) is 10.8 Å². The van der Waals surface area contributed by atoms with Crippen molar-refractivity contribution in [1.82, 2.24) is 9.88 Å². The maximum atomic E-state index is 6.38. The summed E-state index contributed by atoms with van der Waals surface area (Å²) < 4.78 is 8.75. The molecule has 0 spiro atoms. The monoisotopic (exact) mass is 616 g/mol. The highest BCUT2D eigenvalue weighted by Gasteiger charge is 2.23. The molecule has 7 aromatic carbocycles. The molecule has 0 aliphatic carbocycles. The third-order valence-corrected chi connectivity index (χ3v) is 9.46. The van der Waals surface area contributed by atoms with Gasteiger partial charge in [0.15, 0.2) is 5.84 Å². The zero-order valence-corrected chi connectivity index (χ0v) is 25.8. The summed E-state index contributed by atoms with van der Waals surface area (Å²) in [6.45, 7) is 0. The van der Waals surface area contributed by atoms with E-state index in [0.717, 1.165) is 72.0 Å². The van der Waals surface area contributed by atoms with E-state index in [1.807, 2.05) is 36.4 Å². The highest BCUT2D eigenvalue weighted by molar-refractivity contribution is 6.20. The van der Waals surface area contributed by atoms with Gasteiger partial charge in [0.05, 0.1) is 16.7 Å². The third-order valence-electron chi connectivity index (χ3n) is 9.46. The first-order valence-electron chi connectivity index (χ1n) is 16.2. The summed E-state index contributed by atoms with van der Waals surface area (Å²) in [6.07, 6.45) is -0.268. The molecule has 5 heteroatoms. The second-order valence-corrected chi connectivity index (χ2v) is 12.2. The molecule has 2 aromatic heterocycles. The van der Waals surface area contributed by atoms with Crippen LogP contribution in [-0.4, -0.2) is 16.2 Å². The Bertz CT molecular complexity index is 2750. The van der Waals surface area contributed by atoms with Gasteiger partial charge in [-0.1, -0.05) is 121 Å².